The molecule has 92 valence electrons. The molecule has 0 heterocycles. The third-order valence-electron chi connectivity index (χ3n) is 2.76. The molecule has 0 aromatic heterocycles. The lowest BCUT2D eigenvalue weighted by Crippen LogP contribution is -2.33. The van der Waals surface area contributed by atoms with Crippen molar-refractivity contribution in [2.75, 3.05) is 5.75 Å². The SMILES string of the molecule is Cc1ccccc1CSCCCC(C)(N)C#N. The monoisotopic (exact) mass is 248 g/mol. The molecule has 0 aliphatic heterocycles. The van der Waals surface area contributed by atoms with Gasteiger partial charge in [0.2, 0.25) is 0 Å². The maximum atomic E-state index is 8.78. The first kappa shape index (κ1) is 14.1. The van der Waals surface area contributed by atoms with Crippen LogP contribution in [0.15, 0.2) is 24.3 Å². The number of thioether (sulfide) groups is 1. The predicted octanol–water partition coefficient (Wildman–Crippen LogP) is 3.25. The lowest BCUT2D eigenvalue weighted by molar-refractivity contribution is 0.540. The van der Waals surface area contributed by atoms with Crippen LogP contribution in [0, 0.1) is 18.3 Å². The Bertz CT molecular complexity index is 393. The number of benzene rings is 1. The number of rotatable bonds is 6. The molecule has 0 aliphatic rings. The number of aryl methyl sites for hydroxylation is 1. The van der Waals surface area contributed by atoms with E-state index in [0.717, 1.165) is 24.3 Å². The average molecular weight is 248 g/mol. The molecule has 0 saturated carbocycles. The zero-order valence-electron chi connectivity index (χ0n) is 10.6. The van der Waals surface area contributed by atoms with Crippen LogP contribution in [0.3, 0.4) is 0 Å². The van der Waals surface area contributed by atoms with Gasteiger partial charge in [0, 0.05) is 5.75 Å². The van der Waals surface area contributed by atoms with Crippen LogP contribution in [0.5, 0.6) is 0 Å². The second kappa shape index (κ2) is 6.68. The number of hydrogen-bond acceptors (Lipinski definition) is 3. The van der Waals surface area contributed by atoms with E-state index in [1.807, 2.05) is 11.8 Å². The Morgan fingerprint density at radius 2 is 2.12 bits per heavy atom. The molecule has 0 amide bonds. The Balaban J connectivity index is 2.22. The Morgan fingerprint density at radius 1 is 1.41 bits per heavy atom. The highest BCUT2D eigenvalue weighted by Crippen LogP contribution is 2.18. The summed E-state index contributed by atoms with van der Waals surface area (Å²) in [4.78, 5) is 0. The van der Waals surface area contributed by atoms with Crippen molar-refractivity contribution in [2.24, 2.45) is 5.73 Å². The lowest BCUT2D eigenvalue weighted by atomic mass is 10.0. The van der Waals surface area contributed by atoms with Crippen molar-refractivity contribution in [2.45, 2.75) is 38.0 Å². The van der Waals surface area contributed by atoms with Gasteiger partial charge < -0.3 is 5.73 Å². The van der Waals surface area contributed by atoms with Crippen LogP contribution in [0.25, 0.3) is 0 Å². The van der Waals surface area contributed by atoms with Gasteiger partial charge in [-0.3, -0.25) is 0 Å². The Kier molecular flexibility index (Phi) is 5.54. The molecule has 0 saturated heterocycles. The predicted molar refractivity (Wildman–Crippen MR) is 74.8 cm³/mol. The van der Waals surface area contributed by atoms with Crippen molar-refractivity contribution in [3.05, 3.63) is 35.4 Å². The number of hydrogen-bond donors (Lipinski definition) is 1. The molecule has 2 nitrogen and oxygen atoms in total. The Morgan fingerprint density at radius 3 is 2.76 bits per heavy atom. The van der Waals surface area contributed by atoms with E-state index in [4.69, 9.17) is 11.0 Å². The van der Waals surface area contributed by atoms with E-state index in [-0.39, 0.29) is 0 Å². The Hall–Kier alpha value is -0.980. The van der Waals surface area contributed by atoms with E-state index in [0.29, 0.717) is 0 Å². The van der Waals surface area contributed by atoms with Crippen LogP contribution in [0.1, 0.15) is 30.9 Å². The number of nitriles is 1. The van der Waals surface area contributed by atoms with E-state index in [1.54, 1.807) is 6.92 Å². The lowest BCUT2D eigenvalue weighted by Gasteiger charge is -2.14. The highest BCUT2D eigenvalue weighted by atomic mass is 32.2. The van der Waals surface area contributed by atoms with Gasteiger partial charge in [-0.2, -0.15) is 17.0 Å². The van der Waals surface area contributed by atoms with Crippen LogP contribution in [0.2, 0.25) is 0 Å². The summed E-state index contributed by atoms with van der Waals surface area (Å²) in [5.74, 6) is 2.10. The summed E-state index contributed by atoms with van der Waals surface area (Å²) in [7, 11) is 0. The van der Waals surface area contributed by atoms with E-state index in [2.05, 4.69) is 37.3 Å². The van der Waals surface area contributed by atoms with Crippen molar-refractivity contribution in [1.29, 1.82) is 5.26 Å². The van der Waals surface area contributed by atoms with Crippen LogP contribution >= 0.6 is 11.8 Å². The molecular formula is C14H20N2S. The first-order chi connectivity index (χ1) is 8.05. The zero-order valence-corrected chi connectivity index (χ0v) is 11.4. The second-order valence-electron chi connectivity index (χ2n) is 4.61. The van der Waals surface area contributed by atoms with Gasteiger partial charge in [0.05, 0.1) is 6.07 Å². The fourth-order valence-corrected chi connectivity index (χ4v) is 2.59. The highest BCUT2D eigenvalue weighted by Gasteiger charge is 2.15. The minimum atomic E-state index is -0.663. The molecule has 1 rings (SSSR count). The molecule has 1 aromatic carbocycles. The van der Waals surface area contributed by atoms with Crippen LogP contribution in [-0.4, -0.2) is 11.3 Å². The summed E-state index contributed by atoms with van der Waals surface area (Å²) < 4.78 is 0. The summed E-state index contributed by atoms with van der Waals surface area (Å²) in [5.41, 5.74) is 7.84. The molecule has 17 heavy (non-hydrogen) atoms. The van der Waals surface area contributed by atoms with Crippen molar-refractivity contribution >= 4 is 11.8 Å². The summed E-state index contributed by atoms with van der Waals surface area (Å²) in [5, 5.41) is 8.78. The minimum absolute atomic E-state index is 0.663. The summed E-state index contributed by atoms with van der Waals surface area (Å²) in [6, 6.07) is 10.6. The van der Waals surface area contributed by atoms with Gasteiger partial charge in [-0.25, -0.2) is 0 Å². The molecule has 1 unspecified atom stereocenters. The van der Waals surface area contributed by atoms with Crippen LogP contribution in [0.4, 0.5) is 0 Å². The maximum Gasteiger partial charge on any atom is 0.101 e. The van der Waals surface area contributed by atoms with Crippen molar-refractivity contribution in [3.8, 4) is 6.07 Å². The zero-order chi connectivity index (χ0) is 12.7. The van der Waals surface area contributed by atoms with E-state index < -0.39 is 5.54 Å². The number of nitrogens with two attached hydrogens (primary N) is 1. The normalized spacial score (nSPS) is 14.0. The third-order valence-corrected chi connectivity index (χ3v) is 3.85. The van der Waals surface area contributed by atoms with Crippen LogP contribution in [-0.2, 0) is 5.75 Å². The molecule has 0 aliphatic carbocycles. The molecule has 0 fully saturated rings. The minimum Gasteiger partial charge on any atom is -0.314 e. The molecule has 0 radical (unpaired) electrons. The molecule has 0 bridgehead atoms. The first-order valence-electron chi connectivity index (χ1n) is 5.87. The van der Waals surface area contributed by atoms with Crippen molar-refractivity contribution in [1.82, 2.24) is 0 Å². The van der Waals surface area contributed by atoms with Gasteiger partial charge in [0.25, 0.3) is 0 Å². The third kappa shape index (κ3) is 5.25. The van der Waals surface area contributed by atoms with Gasteiger partial charge in [-0.15, -0.1) is 0 Å². The fourth-order valence-electron chi connectivity index (χ4n) is 1.55. The van der Waals surface area contributed by atoms with Crippen molar-refractivity contribution in [3.63, 3.8) is 0 Å². The topological polar surface area (TPSA) is 49.8 Å². The first-order valence-corrected chi connectivity index (χ1v) is 7.03. The van der Waals surface area contributed by atoms with Gasteiger partial charge in [-0.05, 0) is 43.6 Å². The second-order valence-corrected chi connectivity index (χ2v) is 5.72. The highest BCUT2D eigenvalue weighted by molar-refractivity contribution is 7.98. The molecule has 1 atom stereocenters. The van der Waals surface area contributed by atoms with Gasteiger partial charge >= 0.3 is 0 Å². The summed E-state index contributed by atoms with van der Waals surface area (Å²) in [6.07, 6.45) is 1.77. The molecule has 3 heteroatoms. The summed E-state index contributed by atoms with van der Waals surface area (Å²) >= 11 is 1.91. The van der Waals surface area contributed by atoms with Gasteiger partial charge in [-0.1, -0.05) is 24.3 Å². The van der Waals surface area contributed by atoms with E-state index >= 15 is 0 Å². The van der Waals surface area contributed by atoms with Crippen molar-refractivity contribution < 1.29 is 0 Å². The quantitative estimate of drug-likeness (QED) is 0.786. The molecule has 0 spiro atoms. The van der Waals surface area contributed by atoms with E-state index in [1.165, 1.54) is 11.1 Å². The van der Waals surface area contributed by atoms with Crippen LogP contribution < -0.4 is 5.73 Å². The fraction of sp³-hybridized carbons (Fsp3) is 0.500. The molecule has 2 N–H and O–H groups in total. The molecular weight excluding hydrogens is 228 g/mol. The largest absolute Gasteiger partial charge is 0.314 e. The summed E-state index contributed by atoms with van der Waals surface area (Å²) in [6.45, 7) is 3.93. The maximum absolute atomic E-state index is 8.78. The van der Waals surface area contributed by atoms with Gasteiger partial charge in [0.15, 0.2) is 0 Å². The van der Waals surface area contributed by atoms with Gasteiger partial charge in [0.1, 0.15) is 5.54 Å². The molecule has 1 aromatic rings. The average Bonchev–Trinajstić information content (AvgIpc) is 2.31. The number of nitrogens with zero attached hydrogens (tertiary/aromatic N) is 1. The standard InChI is InChI=1S/C14H20N2S/c1-12-6-3-4-7-13(12)10-17-9-5-8-14(2,16)11-15/h3-4,6-7H,5,8-10,16H2,1-2H3. The smallest absolute Gasteiger partial charge is 0.101 e. The Labute approximate surface area is 108 Å². The van der Waals surface area contributed by atoms with E-state index in [9.17, 15) is 0 Å².